The highest BCUT2D eigenvalue weighted by Gasteiger charge is 2.48. The highest BCUT2D eigenvalue weighted by molar-refractivity contribution is 5.80. The van der Waals surface area contributed by atoms with E-state index >= 15 is 0 Å². The van der Waals surface area contributed by atoms with Crippen LogP contribution in [0.15, 0.2) is 59.3 Å². The number of phenolic OH excluding ortho intramolecular Hbond substituents is 1. The van der Waals surface area contributed by atoms with E-state index in [4.69, 9.17) is 4.52 Å². The molecular formula is C20H19NO3. The third kappa shape index (κ3) is 2.39. The first-order valence-electron chi connectivity index (χ1n) is 8.13. The van der Waals surface area contributed by atoms with Crippen LogP contribution < -0.4 is 0 Å². The molecule has 1 aliphatic rings. The quantitative estimate of drug-likeness (QED) is 0.758. The van der Waals surface area contributed by atoms with Gasteiger partial charge in [0.25, 0.3) is 0 Å². The van der Waals surface area contributed by atoms with Gasteiger partial charge in [0.15, 0.2) is 0 Å². The molecule has 1 aliphatic carbocycles. The van der Waals surface area contributed by atoms with Crippen LogP contribution in [0.4, 0.5) is 0 Å². The Hall–Kier alpha value is -2.59. The summed E-state index contributed by atoms with van der Waals surface area (Å²) in [5.41, 5.74) is 4.61. The van der Waals surface area contributed by atoms with Crippen molar-refractivity contribution in [1.82, 2.24) is 5.16 Å². The Bertz CT molecular complexity index is 861. The average molecular weight is 321 g/mol. The molecule has 0 amide bonds. The Labute approximate surface area is 140 Å². The Morgan fingerprint density at radius 3 is 2.50 bits per heavy atom. The molecule has 2 N–H and O–H groups in total. The number of aliphatic hydroxyl groups is 1. The predicted molar refractivity (Wildman–Crippen MR) is 91.6 cm³/mol. The fourth-order valence-corrected chi connectivity index (χ4v) is 3.35. The lowest BCUT2D eigenvalue weighted by Gasteiger charge is -2.19. The standard InChI is InChI=1S/C20H19NO3/c1-13(22)20(9-10-20)16-4-2-3-15(11-16)18-12-24-21-19(18)14-5-7-17(23)8-6-14/h2-8,11-13,22-23H,9-10H2,1H3/t13-/m1/s1. The van der Waals surface area contributed by atoms with Crippen molar-refractivity contribution >= 4 is 0 Å². The molecule has 1 saturated carbocycles. The Balaban J connectivity index is 1.76. The van der Waals surface area contributed by atoms with E-state index in [1.54, 1.807) is 18.4 Å². The van der Waals surface area contributed by atoms with Crippen LogP contribution in [0.3, 0.4) is 0 Å². The summed E-state index contributed by atoms with van der Waals surface area (Å²) in [6.07, 6.45) is 3.32. The third-order valence-corrected chi connectivity index (χ3v) is 5.05. The van der Waals surface area contributed by atoms with Gasteiger partial charge in [-0.3, -0.25) is 0 Å². The summed E-state index contributed by atoms with van der Waals surface area (Å²) in [7, 11) is 0. The van der Waals surface area contributed by atoms with Gasteiger partial charge in [-0.25, -0.2) is 0 Å². The van der Waals surface area contributed by atoms with Crippen molar-refractivity contribution < 1.29 is 14.7 Å². The zero-order chi connectivity index (χ0) is 16.7. The van der Waals surface area contributed by atoms with E-state index in [0.717, 1.165) is 40.8 Å². The number of hydrogen-bond acceptors (Lipinski definition) is 4. The van der Waals surface area contributed by atoms with E-state index in [9.17, 15) is 10.2 Å². The number of phenols is 1. The van der Waals surface area contributed by atoms with Crippen LogP contribution >= 0.6 is 0 Å². The highest BCUT2D eigenvalue weighted by atomic mass is 16.5. The molecule has 1 aromatic heterocycles. The predicted octanol–water partition coefficient (Wildman–Crippen LogP) is 4.13. The topological polar surface area (TPSA) is 66.5 Å². The van der Waals surface area contributed by atoms with Crippen molar-refractivity contribution in [2.75, 3.05) is 0 Å². The summed E-state index contributed by atoms with van der Waals surface area (Å²) >= 11 is 0. The van der Waals surface area contributed by atoms with Crippen LogP contribution in [0.25, 0.3) is 22.4 Å². The molecule has 24 heavy (non-hydrogen) atoms. The first-order valence-corrected chi connectivity index (χ1v) is 8.13. The Morgan fingerprint density at radius 2 is 1.83 bits per heavy atom. The van der Waals surface area contributed by atoms with Gasteiger partial charge in [-0.1, -0.05) is 29.4 Å². The molecule has 1 heterocycles. The first-order chi connectivity index (χ1) is 11.6. The minimum Gasteiger partial charge on any atom is -0.508 e. The second-order valence-corrected chi connectivity index (χ2v) is 6.54. The zero-order valence-corrected chi connectivity index (χ0v) is 13.4. The maximum atomic E-state index is 10.1. The molecule has 0 radical (unpaired) electrons. The summed E-state index contributed by atoms with van der Waals surface area (Å²) in [5.74, 6) is 0.221. The van der Waals surface area contributed by atoms with Crippen LogP contribution in [-0.4, -0.2) is 21.5 Å². The van der Waals surface area contributed by atoms with Gasteiger partial charge in [0.05, 0.1) is 6.10 Å². The molecule has 0 bridgehead atoms. The van der Waals surface area contributed by atoms with Crippen LogP contribution in [-0.2, 0) is 5.41 Å². The lowest BCUT2D eigenvalue weighted by atomic mass is 9.88. The van der Waals surface area contributed by atoms with Crippen molar-refractivity contribution in [3.63, 3.8) is 0 Å². The number of aromatic hydroxyl groups is 1. The number of aliphatic hydroxyl groups excluding tert-OH is 1. The van der Waals surface area contributed by atoms with Crippen molar-refractivity contribution in [3.8, 4) is 28.1 Å². The molecule has 4 heteroatoms. The van der Waals surface area contributed by atoms with E-state index in [1.165, 1.54) is 0 Å². The summed E-state index contributed by atoms with van der Waals surface area (Å²) < 4.78 is 5.21. The highest BCUT2D eigenvalue weighted by Crippen LogP contribution is 2.51. The summed E-state index contributed by atoms with van der Waals surface area (Å²) in [5, 5.41) is 23.7. The van der Waals surface area contributed by atoms with E-state index in [0.29, 0.717) is 0 Å². The number of benzene rings is 2. The monoisotopic (exact) mass is 321 g/mol. The lowest BCUT2D eigenvalue weighted by molar-refractivity contribution is 0.151. The molecule has 122 valence electrons. The van der Waals surface area contributed by atoms with Crippen molar-refractivity contribution in [2.24, 2.45) is 0 Å². The normalized spacial score (nSPS) is 16.8. The van der Waals surface area contributed by atoms with Gasteiger partial charge >= 0.3 is 0 Å². The molecule has 4 nitrogen and oxygen atoms in total. The Kier molecular flexibility index (Phi) is 3.43. The van der Waals surface area contributed by atoms with Gasteiger partial charge in [-0.05, 0) is 55.2 Å². The second kappa shape index (κ2) is 5.49. The minimum absolute atomic E-state index is 0.105. The summed E-state index contributed by atoms with van der Waals surface area (Å²) in [6.45, 7) is 1.86. The van der Waals surface area contributed by atoms with Gasteiger partial charge in [0, 0.05) is 16.5 Å². The number of rotatable bonds is 4. The molecule has 2 aromatic carbocycles. The molecule has 4 rings (SSSR count). The van der Waals surface area contributed by atoms with Crippen LogP contribution in [0, 0.1) is 0 Å². The molecule has 0 spiro atoms. The van der Waals surface area contributed by atoms with E-state index in [2.05, 4.69) is 17.3 Å². The minimum atomic E-state index is -0.355. The van der Waals surface area contributed by atoms with E-state index in [1.807, 2.05) is 31.2 Å². The first kappa shape index (κ1) is 15.0. The largest absolute Gasteiger partial charge is 0.508 e. The van der Waals surface area contributed by atoms with Crippen molar-refractivity contribution in [2.45, 2.75) is 31.3 Å². The van der Waals surface area contributed by atoms with E-state index in [-0.39, 0.29) is 17.3 Å². The molecular weight excluding hydrogens is 302 g/mol. The molecule has 0 unspecified atom stereocenters. The number of nitrogens with zero attached hydrogens (tertiary/aromatic N) is 1. The van der Waals surface area contributed by atoms with Crippen LogP contribution in [0.1, 0.15) is 25.3 Å². The smallest absolute Gasteiger partial charge is 0.132 e. The van der Waals surface area contributed by atoms with Crippen LogP contribution in [0.5, 0.6) is 5.75 Å². The lowest BCUT2D eigenvalue weighted by Crippen LogP contribution is -2.22. The number of hydrogen-bond donors (Lipinski definition) is 2. The summed E-state index contributed by atoms with van der Waals surface area (Å²) in [4.78, 5) is 0. The summed E-state index contributed by atoms with van der Waals surface area (Å²) in [6, 6.07) is 15.1. The number of aromatic nitrogens is 1. The third-order valence-electron chi connectivity index (χ3n) is 5.05. The van der Waals surface area contributed by atoms with Crippen LogP contribution in [0.2, 0.25) is 0 Å². The molecule has 3 aromatic rings. The van der Waals surface area contributed by atoms with Gasteiger partial charge in [-0.15, -0.1) is 0 Å². The van der Waals surface area contributed by atoms with Gasteiger partial charge in [0.2, 0.25) is 0 Å². The van der Waals surface area contributed by atoms with Gasteiger partial charge in [0.1, 0.15) is 17.7 Å². The van der Waals surface area contributed by atoms with Gasteiger partial charge < -0.3 is 14.7 Å². The molecule has 0 aliphatic heterocycles. The maximum Gasteiger partial charge on any atom is 0.132 e. The van der Waals surface area contributed by atoms with E-state index < -0.39 is 0 Å². The molecule has 1 atom stereocenters. The second-order valence-electron chi connectivity index (χ2n) is 6.54. The maximum absolute atomic E-state index is 10.1. The van der Waals surface area contributed by atoms with Crippen molar-refractivity contribution in [1.29, 1.82) is 0 Å². The average Bonchev–Trinajstić information content (AvgIpc) is 3.27. The Morgan fingerprint density at radius 1 is 1.08 bits per heavy atom. The van der Waals surface area contributed by atoms with Crippen molar-refractivity contribution in [3.05, 3.63) is 60.4 Å². The SMILES string of the molecule is C[C@@H](O)C1(c2cccc(-c3conc3-c3ccc(O)cc3)c2)CC1. The molecule has 1 fully saturated rings. The molecule has 0 saturated heterocycles. The van der Waals surface area contributed by atoms with Gasteiger partial charge in [-0.2, -0.15) is 0 Å². The fraction of sp³-hybridized carbons (Fsp3) is 0.250. The fourth-order valence-electron chi connectivity index (χ4n) is 3.35. The zero-order valence-electron chi connectivity index (χ0n) is 13.4.